The van der Waals surface area contributed by atoms with E-state index in [1.807, 2.05) is 0 Å². The average molecular weight is 466 g/mol. The lowest BCUT2D eigenvalue weighted by atomic mass is 10.2. The van der Waals surface area contributed by atoms with Gasteiger partial charge in [0.2, 0.25) is 0 Å². The molecule has 8 heteroatoms. The summed E-state index contributed by atoms with van der Waals surface area (Å²) in [5, 5.41) is 3.25. The highest BCUT2D eigenvalue weighted by atomic mass is 79.9. The maximum Gasteiger partial charge on any atom is 0.261 e. The Morgan fingerprint density at radius 1 is 0.815 bits per heavy atom. The zero-order valence-electron chi connectivity index (χ0n) is 13.8. The summed E-state index contributed by atoms with van der Waals surface area (Å²) in [4.78, 5) is 12.3. The second-order valence-corrected chi connectivity index (χ2v) is 8.63. The topological polar surface area (TPSA) is 75.3 Å². The van der Waals surface area contributed by atoms with Gasteiger partial charge in [0, 0.05) is 26.4 Å². The highest BCUT2D eigenvalue weighted by Gasteiger charge is 2.14. The molecule has 0 saturated heterocycles. The number of sulfonamides is 1. The van der Waals surface area contributed by atoms with Crippen LogP contribution in [0.4, 0.5) is 11.4 Å². The molecule has 27 heavy (non-hydrogen) atoms. The lowest BCUT2D eigenvalue weighted by Crippen LogP contribution is -2.14. The third-order valence-corrected chi connectivity index (χ3v) is 5.80. The van der Waals surface area contributed by atoms with Gasteiger partial charge in [0.05, 0.1) is 4.90 Å². The Balaban J connectivity index is 1.71. The molecule has 1 amide bonds. The first kappa shape index (κ1) is 19.4. The van der Waals surface area contributed by atoms with Gasteiger partial charge in [0.15, 0.2) is 0 Å². The molecule has 0 spiro atoms. The summed E-state index contributed by atoms with van der Waals surface area (Å²) < 4.78 is 28.3. The van der Waals surface area contributed by atoms with Crippen molar-refractivity contribution in [2.75, 3.05) is 10.0 Å². The Kier molecular flexibility index (Phi) is 5.84. The molecule has 0 saturated carbocycles. The van der Waals surface area contributed by atoms with Crippen LogP contribution in [0.3, 0.4) is 0 Å². The summed E-state index contributed by atoms with van der Waals surface area (Å²) >= 11 is 9.11. The summed E-state index contributed by atoms with van der Waals surface area (Å²) in [5.41, 5.74) is 1.39. The van der Waals surface area contributed by atoms with Crippen LogP contribution in [-0.4, -0.2) is 14.3 Å². The predicted octanol–water partition coefficient (Wildman–Crippen LogP) is 5.16. The average Bonchev–Trinajstić information content (AvgIpc) is 2.64. The Labute approximate surface area is 170 Å². The molecule has 0 bridgehead atoms. The van der Waals surface area contributed by atoms with Crippen LogP contribution in [0.25, 0.3) is 0 Å². The van der Waals surface area contributed by atoms with Gasteiger partial charge in [-0.3, -0.25) is 9.52 Å². The Bertz CT molecular complexity index is 1050. The van der Waals surface area contributed by atoms with Crippen LogP contribution in [0.2, 0.25) is 5.02 Å². The van der Waals surface area contributed by atoms with Gasteiger partial charge in [0.25, 0.3) is 15.9 Å². The van der Waals surface area contributed by atoms with E-state index in [0.717, 1.165) is 4.47 Å². The molecule has 3 aromatic carbocycles. The van der Waals surface area contributed by atoms with E-state index >= 15 is 0 Å². The monoisotopic (exact) mass is 464 g/mol. The largest absolute Gasteiger partial charge is 0.322 e. The molecule has 3 rings (SSSR count). The van der Waals surface area contributed by atoms with Gasteiger partial charge in [-0.2, -0.15) is 0 Å². The minimum atomic E-state index is -3.72. The van der Waals surface area contributed by atoms with Gasteiger partial charge >= 0.3 is 0 Å². The lowest BCUT2D eigenvalue weighted by Gasteiger charge is -2.10. The Morgan fingerprint density at radius 2 is 1.37 bits per heavy atom. The molecule has 3 aromatic rings. The van der Waals surface area contributed by atoms with E-state index in [1.165, 1.54) is 24.3 Å². The molecule has 0 aromatic heterocycles. The van der Waals surface area contributed by atoms with Crippen molar-refractivity contribution in [1.29, 1.82) is 0 Å². The maximum absolute atomic E-state index is 12.5. The number of amides is 1. The summed E-state index contributed by atoms with van der Waals surface area (Å²) in [6, 6.07) is 19.2. The molecule has 0 fully saturated rings. The van der Waals surface area contributed by atoms with Crippen LogP contribution in [0.1, 0.15) is 10.4 Å². The van der Waals surface area contributed by atoms with E-state index in [0.29, 0.717) is 22.0 Å². The van der Waals surface area contributed by atoms with Crippen molar-refractivity contribution in [1.82, 2.24) is 0 Å². The second kappa shape index (κ2) is 8.12. The summed E-state index contributed by atoms with van der Waals surface area (Å²) in [6.45, 7) is 0. The van der Waals surface area contributed by atoms with Gasteiger partial charge in [-0.15, -0.1) is 0 Å². The molecule has 138 valence electrons. The zero-order valence-corrected chi connectivity index (χ0v) is 17.0. The number of rotatable bonds is 5. The number of nitrogens with one attached hydrogen (secondary N) is 2. The highest BCUT2D eigenvalue weighted by Crippen LogP contribution is 2.20. The van der Waals surface area contributed by atoms with Crippen LogP contribution in [0.5, 0.6) is 0 Å². The first-order valence-corrected chi connectivity index (χ1v) is 10.4. The molecular weight excluding hydrogens is 452 g/mol. The van der Waals surface area contributed by atoms with Crippen LogP contribution in [-0.2, 0) is 10.0 Å². The first-order valence-electron chi connectivity index (χ1n) is 7.79. The summed E-state index contributed by atoms with van der Waals surface area (Å²) in [5.74, 6) is -0.310. The van der Waals surface area contributed by atoms with Crippen LogP contribution in [0.15, 0.2) is 82.2 Å². The molecule has 0 aliphatic rings. The number of benzene rings is 3. The van der Waals surface area contributed by atoms with Crippen molar-refractivity contribution in [3.63, 3.8) is 0 Å². The highest BCUT2D eigenvalue weighted by molar-refractivity contribution is 9.10. The first-order chi connectivity index (χ1) is 12.8. The molecule has 0 radical (unpaired) electrons. The van der Waals surface area contributed by atoms with E-state index in [-0.39, 0.29) is 10.8 Å². The van der Waals surface area contributed by atoms with Gasteiger partial charge in [-0.05, 0) is 72.8 Å². The van der Waals surface area contributed by atoms with E-state index in [1.54, 1.807) is 48.5 Å². The third-order valence-electron chi connectivity index (χ3n) is 3.63. The molecule has 0 aliphatic heterocycles. The molecular formula is C19H14BrClN2O3S. The van der Waals surface area contributed by atoms with Crippen molar-refractivity contribution >= 4 is 54.8 Å². The quantitative estimate of drug-likeness (QED) is 0.547. The van der Waals surface area contributed by atoms with Gasteiger partial charge in [0.1, 0.15) is 0 Å². The van der Waals surface area contributed by atoms with Gasteiger partial charge < -0.3 is 5.32 Å². The fourth-order valence-corrected chi connectivity index (χ4v) is 3.70. The van der Waals surface area contributed by atoms with Crippen LogP contribution >= 0.6 is 27.5 Å². The van der Waals surface area contributed by atoms with E-state index in [2.05, 4.69) is 26.0 Å². The standard InChI is InChI=1S/C19H14BrClN2O3S/c20-14-3-7-17(8-4-14)23-27(25,26)18-11-9-16(10-12-18)22-19(24)13-1-5-15(21)6-2-13/h1-12,23H,(H,22,24). The van der Waals surface area contributed by atoms with Crippen molar-refractivity contribution in [2.45, 2.75) is 4.90 Å². The van der Waals surface area contributed by atoms with Crippen molar-refractivity contribution in [3.8, 4) is 0 Å². The van der Waals surface area contributed by atoms with Gasteiger partial charge in [-0.1, -0.05) is 27.5 Å². The van der Waals surface area contributed by atoms with Crippen molar-refractivity contribution < 1.29 is 13.2 Å². The summed E-state index contributed by atoms with van der Waals surface area (Å²) in [7, 11) is -3.72. The maximum atomic E-state index is 12.5. The minimum Gasteiger partial charge on any atom is -0.322 e. The van der Waals surface area contributed by atoms with Crippen LogP contribution in [0, 0.1) is 0 Å². The summed E-state index contributed by atoms with van der Waals surface area (Å²) in [6.07, 6.45) is 0. The smallest absolute Gasteiger partial charge is 0.261 e. The second-order valence-electron chi connectivity index (χ2n) is 5.60. The normalized spacial score (nSPS) is 11.0. The molecule has 2 N–H and O–H groups in total. The van der Waals surface area contributed by atoms with Crippen LogP contribution < -0.4 is 10.0 Å². The number of carbonyl (C=O) groups is 1. The molecule has 0 unspecified atom stereocenters. The minimum absolute atomic E-state index is 0.0925. The lowest BCUT2D eigenvalue weighted by molar-refractivity contribution is 0.102. The van der Waals surface area contributed by atoms with E-state index in [9.17, 15) is 13.2 Å². The predicted molar refractivity (Wildman–Crippen MR) is 111 cm³/mol. The third kappa shape index (κ3) is 5.09. The number of hydrogen-bond donors (Lipinski definition) is 2. The van der Waals surface area contributed by atoms with E-state index < -0.39 is 10.0 Å². The molecule has 0 aliphatic carbocycles. The number of anilines is 2. The zero-order chi connectivity index (χ0) is 19.4. The van der Waals surface area contributed by atoms with E-state index in [4.69, 9.17) is 11.6 Å². The Morgan fingerprint density at radius 3 is 1.96 bits per heavy atom. The van der Waals surface area contributed by atoms with Crippen molar-refractivity contribution in [2.24, 2.45) is 0 Å². The fourth-order valence-electron chi connectivity index (χ4n) is 2.25. The molecule has 5 nitrogen and oxygen atoms in total. The molecule has 0 heterocycles. The van der Waals surface area contributed by atoms with Gasteiger partial charge in [-0.25, -0.2) is 8.42 Å². The fraction of sp³-hybridized carbons (Fsp3) is 0. The number of carbonyl (C=O) groups excluding carboxylic acids is 1. The Hall–Kier alpha value is -2.35. The number of halogens is 2. The number of hydrogen-bond acceptors (Lipinski definition) is 3. The van der Waals surface area contributed by atoms with Crippen molar-refractivity contribution in [3.05, 3.63) is 87.9 Å². The molecule has 0 atom stereocenters. The SMILES string of the molecule is O=C(Nc1ccc(S(=O)(=O)Nc2ccc(Br)cc2)cc1)c1ccc(Cl)cc1.